The lowest BCUT2D eigenvalue weighted by Crippen LogP contribution is -2.38. The van der Waals surface area contributed by atoms with E-state index in [-0.39, 0.29) is 18.4 Å². The highest BCUT2D eigenvalue weighted by molar-refractivity contribution is 5.89. The summed E-state index contributed by atoms with van der Waals surface area (Å²) in [6, 6.07) is 4.29. The fourth-order valence-corrected chi connectivity index (χ4v) is 4.27. The van der Waals surface area contributed by atoms with Crippen molar-refractivity contribution >= 4 is 28.4 Å². The van der Waals surface area contributed by atoms with Crippen LogP contribution in [0.15, 0.2) is 30.5 Å². The molecular weight excluding hydrogens is 484 g/mol. The summed E-state index contributed by atoms with van der Waals surface area (Å²) in [4.78, 5) is 16.9. The average Bonchev–Trinajstić information content (AvgIpc) is 3.53. The maximum atomic E-state index is 14.5. The topological polar surface area (TPSA) is 102 Å². The summed E-state index contributed by atoms with van der Waals surface area (Å²) >= 11 is 0. The molecule has 1 N–H and O–H groups in total. The molecule has 0 aliphatic carbocycles. The monoisotopic (exact) mass is 506 g/mol. The second-order valence-corrected chi connectivity index (χ2v) is 8.64. The minimum Gasteiger partial charge on any atom is -0.479 e. The minimum atomic E-state index is -3.17. The van der Waals surface area contributed by atoms with E-state index in [1.165, 1.54) is 30.2 Å². The lowest BCUT2D eigenvalue weighted by Gasteiger charge is -2.19. The van der Waals surface area contributed by atoms with E-state index < -0.39 is 36.9 Å². The van der Waals surface area contributed by atoms with E-state index in [9.17, 15) is 22.4 Å². The molecule has 0 radical (unpaired) electrons. The molecule has 190 valence electrons. The first-order chi connectivity index (χ1) is 17.1. The highest BCUT2D eigenvalue weighted by Gasteiger charge is 2.49. The van der Waals surface area contributed by atoms with Crippen LogP contribution in [0.5, 0.6) is 5.88 Å². The highest BCUT2D eigenvalue weighted by atomic mass is 19.3. The van der Waals surface area contributed by atoms with Crippen LogP contribution in [0.1, 0.15) is 19.9 Å². The van der Waals surface area contributed by atoms with Gasteiger partial charge in [-0.3, -0.25) is 4.79 Å². The molecule has 1 saturated heterocycles. The third kappa shape index (κ3) is 3.95. The lowest BCUT2D eigenvalue weighted by molar-refractivity contribution is -0.129. The molecule has 1 aliphatic rings. The smallest absolute Gasteiger partial charge is 0.286 e. The van der Waals surface area contributed by atoms with Gasteiger partial charge in [0.15, 0.2) is 0 Å². The van der Waals surface area contributed by atoms with Gasteiger partial charge < -0.3 is 15.0 Å². The van der Waals surface area contributed by atoms with Crippen LogP contribution in [-0.4, -0.2) is 79.0 Å². The van der Waals surface area contributed by atoms with Gasteiger partial charge in [-0.25, -0.2) is 26.8 Å². The molecule has 0 bridgehead atoms. The van der Waals surface area contributed by atoms with Crippen molar-refractivity contribution in [3.05, 3.63) is 30.5 Å². The van der Waals surface area contributed by atoms with Crippen LogP contribution in [0.2, 0.25) is 0 Å². The number of ether oxygens (including phenoxy) is 1. The van der Waals surface area contributed by atoms with Crippen molar-refractivity contribution in [3.63, 3.8) is 0 Å². The number of benzene rings is 1. The minimum absolute atomic E-state index is 0.0972. The summed E-state index contributed by atoms with van der Waals surface area (Å²) in [6.07, 6.45) is -1.01. The van der Waals surface area contributed by atoms with E-state index in [2.05, 4.69) is 25.7 Å². The van der Waals surface area contributed by atoms with Crippen molar-refractivity contribution in [3.8, 4) is 17.0 Å². The van der Waals surface area contributed by atoms with E-state index in [0.29, 0.717) is 27.7 Å². The number of carbonyl (C=O) groups excluding carboxylic acids is 1. The number of nitrogens with one attached hydrogen (secondary N) is 1. The van der Waals surface area contributed by atoms with Crippen molar-refractivity contribution in [2.45, 2.75) is 38.3 Å². The number of methoxy groups -OCH3 is 1. The Hall–Kier alpha value is -3.97. The van der Waals surface area contributed by atoms with Crippen LogP contribution >= 0.6 is 0 Å². The molecule has 14 heteroatoms. The van der Waals surface area contributed by atoms with Gasteiger partial charge in [-0.1, -0.05) is 11.3 Å². The fraction of sp³-hybridized carbons (Fsp3) is 0.409. The predicted molar refractivity (Wildman–Crippen MR) is 121 cm³/mol. The number of alkyl halides is 4. The van der Waals surface area contributed by atoms with Crippen LogP contribution in [0.4, 0.5) is 23.5 Å². The summed E-state index contributed by atoms with van der Waals surface area (Å²) < 4.78 is 63.5. The van der Waals surface area contributed by atoms with Gasteiger partial charge in [-0.2, -0.15) is 4.98 Å². The number of carbonyl (C=O) groups is 1. The molecular formula is C22H22F4N8O2. The molecule has 10 nitrogen and oxygen atoms in total. The molecule has 0 spiro atoms. The Labute approximate surface area is 201 Å². The Kier molecular flexibility index (Phi) is 5.68. The third-order valence-electron chi connectivity index (χ3n) is 6.27. The van der Waals surface area contributed by atoms with Crippen molar-refractivity contribution in [1.29, 1.82) is 0 Å². The molecule has 5 rings (SSSR count). The Morgan fingerprint density at radius 3 is 2.72 bits per heavy atom. The highest BCUT2D eigenvalue weighted by Crippen LogP contribution is 2.35. The van der Waals surface area contributed by atoms with Gasteiger partial charge in [0.25, 0.3) is 12.3 Å². The summed E-state index contributed by atoms with van der Waals surface area (Å²) in [5.74, 6) is -3.59. The first-order valence-corrected chi connectivity index (χ1v) is 11.1. The molecule has 0 unspecified atom stereocenters. The summed E-state index contributed by atoms with van der Waals surface area (Å²) in [5, 5.41) is 14.7. The average molecular weight is 506 g/mol. The zero-order valence-corrected chi connectivity index (χ0v) is 19.5. The molecule has 3 aromatic heterocycles. The molecule has 4 heterocycles. The SMILES string of the molecule is COc1nc(N[C@@H]2CN(C(C)=O)CC2(F)F)nn2ccc(-c3ccc4nnn([C@H](C)C(F)F)c4c3)c12. The molecule has 36 heavy (non-hydrogen) atoms. The summed E-state index contributed by atoms with van der Waals surface area (Å²) in [7, 11) is 1.39. The zero-order valence-electron chi connectivity index (χ0n) is 19.5. The number of hydrogen-bond donors (Lipinski definition) is 1. The van der Waals surface area contributed by atoms with Crippen LogP contribution in [0, 0.1) is 0 Å². The van der Waals surface area contributed by atoms with Crippen LogP contribution in [0.25, 0.3) is 27.7 Å². The summed E-state index contributed by atoms with van der Waals surface area (Å²) in [6.45, 7) is 1.71. The van der Waals surface area contributed by atoms with Crippen molar-refractivity contribution in [2.75, 3.05) is 25.5 Å². The number of amides is 1. The first kappa shape index (κ1) is 23.8. The van der Waals surface area contributed by atoms with Gasteiger partial charge in [-0.15, -0.1) is 10.2 Å². The molecule has 1 fully saturated rings. The van der Waals surface area contributed by atoms with Gasteiger partial charge >= 0.3 is 0 Å². The maximum Gasteiger partial charge on any atom is 0.286 e. The second-order valence-electron chi connectivity index (χ2n) is 8.64. The van der Waals surface area contributed by atoms with E-state index in [4.69, 9.17) is 4.74 Å². The molecule has 2 atom stereocenters. The number of hydrogen-bond acceptors (Lipinski definition) is 7. The number of fused-ring (bicyclic) bond motifs is 2. The summed E-state index contributed by atoms with van der Waals surface area (Å²) in [5.41, 5.74) is 2.62. The van der Waals surface area contributed by atoms with Crippen LogP contribution < -0.4 is 10.1 Å². The first-order valence-electron chi connectivity index (χ1n) is 11.1. The van der Waals surface area contributed by atoms with E-state index in [0.717, 1.165) is 4.90 Å². The Balaban J connectivity index is 1.52. The van der Waals surface area contributed by atoms with Crippen LogP contribution in [-0.2, 0) is 4.79 Å². The molecule has 0 saturated carbocycles. The second kappa shape index (κ2) is 8.60. The van der Waals surface area contributed by atoms with E-state index >= 15 is 0 Å². The van der Waals surface area contributed by atoms with Gasteiger partial charge in [-0.05, 0) is 30.7 Å². The number of anilines is 1. The molecule has 1 aliphatic heterocycles. The maximum absolute atomic E-state index is 14.5. The molecule has 1 aromatic carbocycles. The normalized spacial score (nSPS) is 18.3. The lowest BCUT2D eigenvalue weighted by atomic mass is 10.1. The van der Waals surface area contributed by atoms with E-state index in [1.807, 2.05) is 0 Å². The largest absolute Gasteiger partial charge is 0.479 e. The number of likely N-dealkylation sites (tertiary alicyclic amines) is 1. The zero-order chi connectivity index (χ0) is 25.8. The number of rotatable bonds is 6. The number of nitrogens with zero attached hydrogens (tertiary/aromatic N) is 7. The Morgan fingerprint density at radius 1 is 1.28 bits per heavy atom. The van der Waals surface area contributed by atoms with Gasteiger partial charge in [0, 0.05) is 25.2 Å². The molecule has 1 amide bonds. The quantitative estimate of drug-likeness (QED) is 0.401. The number of aromatic nitrogens is 6. The predicted octanol–water partition coefficient (Wildman–Crippen LogP) is 3.25. The van der Waals surface area contributed by atoms with Gasteiger partial charge in [0.1, 0.15) is 23.1 Å². The van der Waals surface area contributed by atoms with Crippen molar-refractivity contribution < 1.29 is 27.1 Å². The Bertz CT molecular complexity index is 1450. The fourth-order valence-electron chi connectivity index (χ4n) is 4.27. The standard InChI is InChI=1S/C22H22F4N8O2/c1-11(19(23)24)34-16-8-13(4-5-15(16)29-31-34)14-6-7-33-18(14)20(36-3)28-21(30-33)27-17-9-32(12(2)35)10-22(17,25)26/h4-8,11,17,19H,9-10H2,1-3H3,(H,27,30)/t11-,17-/m1/s1. The van der Waals surface area contributed by atoms with Gasteiger partial charge in [0.05, 0.1) is 19.2 Å². The van der Waals surface area contributed by atoms with Gasteiger partial charge in [0.2, 0.25) is 17.7 Å². The van der Waals surface area contributed by atoms with Crippen molar-refractivity contribution in [1.82, 2.24) is 34.5 Å². The van der Waals surface area contributed by atoms with Crippen LogP contribution in [0.3, 0.4) is 0 Å². The van der Waals surface area contributed by atoms with Crippen molar-refractivity contribution in [2.24, 2.45) is 0 Å². The Morgan fingerprint density at radius 2 is 2.06 bits per heavy atom. The van der Waals surface area contributed by atoms with E-state index in [1.54, 1.807) is 30.5 Å². The third-order valence-corrected chi connectivity index (χ3v) is 6.27. The molecule has 4 aromatic rings. The number of halogens is 4.